The first kappa shape index (κ1) is 48.1. The number of benzene rings is 7. The summed E-state index contributed by atoms with van der Waals surface area (Å²) < 4.78 is 54.8. The molecule has 0 N–H and O–H groups in total. The molecule has 7 aromatic carbocycles. The SMILES string of the molecule is [2H]c1c([2H])c([2H])c(N(c2ccc(C(C)(C)C)cc2)c2cc3c4c(c2)N(c2ccc5c(c2)C(C)(C)CCC5(C)C)c2c(oc5cc6c(cc25)C(C)(C)CCC6(C)C)B4c2ccc(C(C)(C)C)cc2N3c2ccc3c(c2)C(C)(C)CCC3(C)C)c([2H])c1[2H]. The normalized spacial score (nSPS) is 20.3. The first-order chi connectivity index (χ1) is 39.9. The van der Waals surface area contributed by atoms with Gasteiger partial charge in [0.1, 0.15) is 5.58 Å². The highest BCUT2D eigenvalue weighted by molar-refractivity contribution is 7.00. The van der Waals surface area contributed by atoms with Crippen LogP contribution in [0.25, 0.3) is 11.0 Å². The van der Waals surface area contributed by atoms with Crippen LogP contribution in [-0.4, -0.2) is 6.71 Å². The summed E-state index contributed by atoms with van der Waals surface area (Å²) in [5, 5.41) is 1.06. The highest BCUT2D eigenvalue weighted by atomic mass is 16.3. The van der Waals surface area contributed by atoms with Gasteiger partial charge in [0.25, 0.3) is 6.71 Å². The van der Waals surface area contributed by atoms with Gasteiger partial charge < -0.3 is 19.1 Å². The molecule has 2 aliphatic heterocycles. The van der Waals surface area contributed by atoms with Crippen molar-refractivity contribution in [3.05, 3.63) is 178 Å². The number of anilines is 9. The van der Waals surface area contributed by atoms with Gasteiger partial charge in [-0.05, 0) is 216 Å². The summed E-state index contributed by atoms with van der Waals surface area (Å²) in [4.78, 5) is 6.94. The average Bonchev–Trinajstić information content (AvgIpc) is 1.26. The van der Waals surface area contributed by atoms with Gasteiger partial charge >= 0.3 is 0 Å². The Kier molecular flexibility index (Phi) is 10.4. The van der Waals surface area contributed by atoms with E-state index >= 15 is 0 Å². The number of furan rings is 1. The standard InChI is InChI=1S/C76H88BN3O/c1-69(2,3)47-24-27-50(28-25-47)78(49-22-20-19-21-23-49)53-43-63-66-64(44-53)80(52-30-32-56-58(42-52)74(13,14)37-35-72(56,9)10)67-54-45-59-60(76(17,18)39-38-75(59,15)16)46-65(54)81-68(67)77(66)61-33-26-48(70(4,5)6)40-62(61)79(63)51-29-31-55-57(41-51)73(11,12)36-34-71(55,7)8/h19-33,40-46H,34-39H2,1-18H3/i19D,20D,21D,22D,23D. The number of para-hydroxylation sites is 1. The van der Waals surface area contributed by atoms with Crippen molar-refractivity contribution in [1.82, 2.24) is 0 Å². The van der Waals surface area contributed by atoms with E-state index in [0.29, 0.717) is 11.4 Å². The Morgan fingerprint density at radius 1 is 0.444 bits per heavy atom. The lowest BCUT2D eigenvalue weighted by Crippen LogP contribution is -2.61. The van der Waals surface area contributed by atoms with Crippen molar-refractivity contribution in [2.45, 2.75) is 206 Å². The van der Waals surface area contributed by atoms with E-state index in [1.165, 1.54) is 38.9 Å². The molecule has 13 rings (SSSR count). The fraction of sp³-hybridized carbons (Fsp3) is 0.421. The molecule has 0 unspecified atom stereocenters. The van der Waals surface area contributed by atoms with Crippen LogP contribution < -0.4 is 31.3 Å². The van der Waals surface area contributed by atoms with Gasteiger partial charge in [-0.25, -0.2) is 0 Å². The van der Waals surface area contributed by atoms with Crippen molar-refractivity contribution in [3.8, 4) is 0 Å². The van der Waals surface area contributed by atoms with Gasteiger partial charge in [-0.2, -0.15) is 0 Å². The summed E-state index contributed by atoms with van der Waals surface area (Å²) >= 11 is 0. The first-order valence-electron chi connectivity index (χ1n) is 32.8. The van der Waals surface area contributed by atoms with Gasteiger partial charge in [-0.3, -0.25) is 0 Å². The van der Waals surface area contributed by atoms with Gasteiger partial charge in [0.05, 0.1) is 23.9 Å². The van der Waals surface area contributed by atoms with Crippen LogP contribution in [0.3, 0.4) is 0 Å². The number of hydrogen-bond donors (Lipinski definition) is 0. The Morgan fingerprint density at radius 2 is 0.901 bits per heavy atom. The fourth-order valence-electron chi connectivity index (χ4n) is 15.0. The van der Waals surface area contributed by atoms with Gasteiger partial charge in [0, 0.05) is 45.2 Å². The van der Waals surface area contributed by atoms with E-state index < -0.39 is 6.04 Å². The van der Waals surface area contributed by atoms with E-state index in [-0.39, 0.29) is 79.9 Å². The maximum Gasteiger partial charge on any atom is 0.297 e. The predicted octanol–water partition coefficient (Wildman–Crippen LogP) is 19.6. The minimum atomic E-state index is -0.427. The number of nitrogens with zero attached hydrogens (tertiary/aromatic N) is 3. The molecule has 1 aromatic heterocycles. The van der Waals surface area contributed by atoms with E-state index in [1.54, 1.807) is 0 Å². The van der Waals surface area contributed by atoms with Crippen molar-refractivity contribution >= 4 is 85.5 Å². The summed E-state index contributed by atoms with van der Waals surface area (Å²) in [5.74, 6) is 0. The summed E-state index contributed by atoms with van der Waals surface area (Å²) in [6, 6.07) is 37.5. The number of hydrogen-bond acceptors (Lipinski definition) is 4. The molecule has 81 heavy (non-hydrogen) atoms. The Balaban J connectivity index is 1.23. The molecule has 3 heterocycles. The van der Waals surface area contributed by atoms with Crippen LogP contribution >= 0.6 is 0 Å². The quantitative estimate of drug-likeness (QED) is 0.160. The zero-order chi connectivity index (χ0) is 61.9. The Morgan fingerprint density at radius 3 is 1.42 bits per heavy atom. The number of rotatable bonds is 5. The third kappa shape index (κ3) is 8.41. The highest BCUT2D eigenvalue weighted by Crippen LogP contribution is 2.56. The van der Waals surface area contributed by atoms with Gasteiger partial charge in [0.15, 0.2) is 0 Å². The molecule has 0 saturated carbocycles. The minimum Gasteiger partial charge on any atom is -0.468 e. The van der Waals surface area contributed by atoms with Crippen LogP contribution in [0, 0.1) is 0 Å². The molecule has 0 radical (unpaired) electrons. The van der Waals surface area contributed by atoms with Crippen molar-refractivity contribution in [2.75, 3.05) is 14.7 Å². The second-order valence-corrected chi connectivity index (χ2v) is 31.1. The molecule has 5 heteroatoms. The van der Waals surface area contributed by atoms with Gasteiger partial charge in [-0.1, -0.05) is 179 Å². The molecule has 0 bridgehead atoms. The maximum absolute atomic E-state index is 9.83. The molecule has 0 spiro atoms. The predicted molar refractivity (Wildman–Crippen MR) is 348 cm³/mol. The van der Waals surface area contributed by atoms with Gasteiger partial charge in [-0.15, -0.1) is 0 Å². The summed E-state index contributed by atoms with van der Waals surface area (Å²) in [6.45, 7) is 41.8. The van der Waals surface area contributed by atoms with E-state index in [4.69, 9.17) is 5.79 Å². The molecule has 3 aliphatic carbocycles. The lowest BCUT2D eigenvalue weighted by atomic mass is 9.35. The lowest BCUT2D eigenvalue weighted by Gasteiger charge is -2.46. The van der Waals surface area contributed by atoms with Crippen molar-refractivity contribution < 1.29 is 11.3 Å². The third-order valence-corrected chi connectivity index (χ3v) is 20.6. The Bertz CT molecular complexity index is 4160. The average molecular weight is 1080 g/mol. The summed E-state index contributed by atoms with van der Waals surface area (Å²) in [5.41, 5.74) is 21.2. The van der Waals surface area contributed by atoms with Crippen LogP contribution in [0.2, 0.25) is 0 Å². The maximum atomic E-state index is 9.83. The second kappa shape index (κ2) is 17.5. The highest BCUT2D eigenvalue weighted by Gasteiger charge is 2.50. The summed E-state index contributed by atoms with van der Waals surface area (Å²) in [6.07, 6.45) is 6.45. The second-order valence-electron chi connectivity index (χ2n) is 31.1. The first-order valence-corrected chi connectivity index (χ1v) is 30.3. The monoisotopic (exact) mass is 1070 g/mol. The van der Waals surface area contributed by atoms with E-state index in [0.717, 1.165) is 106 Å². The van der Waals surface area contributed by atoms with E-state index in [1.807, 2.05) is 4.90 Å². The molecule has 0 amide bonds. The Hall–Kier alpha value is -6.46. The summed E-state index contributed by atoms with van der Waals surface area (Å²) in [7, 11) is 0. The number of fused-ring (bicyclic) bond motifs is 9. The molecule has 416 valence electrons. The fourth-order valence-corrected chi connectivity index (χ4v) is 15.0. The third-order valence-electron chi connectivity index (χ3n) is 20.6. The van der Waals surface area contributed by atoms with Crippen molar-refractivity contribution in [2.24, 2.45) is 0 Å². The molecule has 8 aromatic rings. The van der Waals surface area contributed by atoms with E-state index in [2.05, 4.69) is 238 Å². The molecule has 0 saturated heterocycles. The lowest BCUT2D eigenvalue weighted by molar-refractivity contribution is 0.332. The Labute approximate surface area is 493 Å². The largest absolute Gasteiger partial charge is 0.468 e. The molecule has 4 nitrogen and oxygen atoms in total. The van der Waals surface area contributed by atoms with Crippen LogP contribution in [0.1, 0.15) is 215 Å². The smallest absolute Gasteiger partial charge is 0.297 e. The van der Waals surface area contributed by atoms with Crippen molar-refractivity contribution in [1.29, 1.82) is 0 Å². The van der Waals surface area contributed by atoms with Crippen molar-refractivity contribution in [3.63, 3.8) is 0 Å². The van der Waals surface area contributed by atoms with Crippen LogP contribution in [0.4, 0.5) is 51.2 Å². The minimum absolute atomic E-state index is 0.0136. The van der Waals surface area contributed by atoms with Crippen LogP contribution in [-0.2, 0) is 43.3 Å². The van der Waals surface area contributed by atoms with Crippen LogP contribution in [0.5, 0.6) is 0 Å². The molecular weight excluding hydrogens is 982 g/mol. The molecule has 5 aliphatic rings. The topological polar surface area (TPSA) is 22.9 Å². The van der Waals surface area contributed by atoms with Gasteiger partial charge in [0.2, 0.25) is 0 Å². The van der Waals surface area contributed by atoms with E-state index in [9.17, 15) is 5.48 Å². The van der Waals surface area contributed by atoms with Crippen LogP contribution in [0.15, 0.2) is 138 Å². The molecule has 0 fully saturated rings. The zero-order valence-electron chi connectivity index (χ0n) is 56.9. The molecule has 0 atom stereocenters. The zero-order valence-corrected chi connectivity index (χ0v) is 51.9. The molecular formula is C76H88BN3O.